The number of ether oxygens (including phenoxy) is 1. The quantitative estimate of drug-likeness (QED) is 0.883. The maximum Gasteiger partial charge on any atom is 0.264 e. The molecule has 1 N–H and O–H groups in total. The van der Waals surface area contributed by atoms with E-state index in [-0.39, 0.29) is 5.91 Å². The molecular formula is C20H26N2O2S. The summed E-state index contributed by atoms with van der Waals surface area (Å²) in [5.74, 6) is 1.95. The molecule has 4 rings (SSSR count). The van der Waals surface area contributed by atoms with Crippen LogP contribution in [0.4, 0.5) is 0 Å². The van der Waals surface area contributed by atoms with E-state index < -0.39 is 0 Å². The number of likely N-dealkylation sites (tertiary alicyclic amines) is 1. The molecule has 1 saturated carbocycles. The maximum atomic E-state index is 13.0. The number of fused-ring (bicyclic) bond motifs is 1. The van der Waals surface area contributed by atoms with Crippen LogP contribution in [0.2, 0.25) is 0 Å². The van der Waals surface area contributed by atoms with Gasteiger partial charge in [0.05, 0.1) is 12.0 Å². The lowest BCUT2D eigenvalue weighted by molar-refractivity contribution is 0.0709. The first-order valence-corrected chi connectivity index (χ1v) is 10.1. The second-order valence-corrected chi connectivity index (χ2v) is 8.39. The van der Waals surface area contributed by atoms with E-state index in [0.717, 1.165) is 64.7 Å². The van der Waals surface area contributed by atoms with Crippen molar-refractivity contribution in [3.8, 4) is 5.75 Å². The number of piperidine rings is 1. The van der Waals surface area contributed by atoms with E-state index >= 15 is 0 Å². The average molecular weight is 359 g/mol. The van der Waals surface area contributed by atoms with E-state index in [1.165, 1.54) is 12.8 Å². The minimum absolute atomic E-state index is 0.193. The van der Waals surface area contributed by atoms with Gasteiger partial charge >= 0.3 is 0 Å². The Morgan fingerprint density at radius 3 is 2.72 bits per heavy atom. The SMILES string of the molecule is COc1ccc2sc(C(=O)N3CCC(NCC4CC4)CC3)c(C)c2c1. The first-order chi connectivity index (χ1) is 12.2. The summed E-state index contributed by atoms with van der Waals surface area (Å²) in [4.78, 5) is 15.9. The molecular weight excluding hydrogens is 332 g/mol. The summed E-state index contributed by atoms with van der Waals surface area (Å²) in [5, 5.41) is 4.81. The van der Waals surface area contributed by atoms with Gasteiger partial charge in [-0.05, 0) is 74.2 Å². The molecule has 0 spiro atoms. The Labute approximate surface area is 153 Å². The summed E-state index contributed by atoms with van der Waals surface area (Å²) >= 11 is 1.61. The fraction of sp³-hybridized carbons (Fsp3) is 0.550. The number of hydrogen-bond acceptors (Lipinski definition) is 4. The summed E-state index contributed by atoms with van der Waals surface area (Å²) in [6.07, 6.45) is 4.91. The van der Waals surface area contributed by atoms with Crippen molar-refractivity contribution < 1.29 is 9.53 Å². The highest BCUT2D eigenvalue weighted by Gasteiger charge is 2.28. The number of rotatable bonds is 5. The van der Waals surface area contributed by atoms with E-state index in [1.807, 2.05) is 17.0 Å². The highest BCUT2D eigenvalue weighted by molar-refractivity contribution is 7.21. The fourth-order valence-corrected chi connectivity index (χ4v) is 4.77. The standard InChI is InChI=1S/C20H26N2O2S/c1-13-17-11-16(24-2)5-6-18(17)25-19(13)20(23)22-9-7-15(8-10-22)21-12-14-3-4-14/h5-6,11,14-15,21H,3-4,7-10,12H2,1-2H3. The minimum atomic E-state index is 0.193. The molecule has 2 heterocycles. The van der Waals surface area contributed by atoms with Crippen molar-refractivity contribution in [3.05, 3.63) is 28.6 Å². The van der Waals surface area contributed by atoms with Gasteiger partial charge < -0.3 is 15.0 Å². The number of carbonyl (C=O) groups excluding carboxylic acids is 1. The van der Waals surface area contributed by atoms with Crippen LogP contribution < -0.4 is 10.1 Å². The molecule has 0 unspecified atom stereocenters. The molecule has 0 radical (unpaired) electrons. The Morgan fingerprint density at radius 1 is 1.28 bits per heavy atom. The van der Waals surface area contributed by atoms with Crippen molar-refractivity contribution in [1.29, 1.82) is 0 Å². The van der Waals surface area contributed by atoms with Crippen molar-refractivity contribution in [2.24, 2.45) is 5.92 Å². The predicted octanol–water partition coefficient (Wildman–Crippen LogP) is 3.82. The molecule has 1 aliphatic heterocycles. The highest BCUT2D eigenvalue weighted by Crippen LogP contribution is 2.34. The Kier molecular flexibility index (Phi) is 4.69. The number of carbonyl (C=O) groups is 1. The normalized spacial score (nSPS) is 18.7. The van der Waals surface area contributed by atoms with Crippen LogP contribution in [0, 0.1) is 12.8 Å². The topological polar surface area (TPSA) is 41.6 Å². The Balaban J connectivity index is 1.44. The summed E-state index contributed by atoms with van der Waals surface area (Å²) < 4.78 is 6.48. The second kappa shape index (κ2) is 6.96. The lowest BCUT2D eigenvalue weighted by Crippen LogP contribution is -2.45. The number of amides is 1. The van der Waals surface area contributed by atoms with Gasteiger partial charge in [-0.3, -0.25) is 4.79 Å². The lowest BCUT2D eigenvalue weighted by Gasteiger charge is -2.32. The van der Waals surface area contributed by atoms with Gasteiger partial charge in [0.2, 0.25) is 0 Å². The zero-order chi connectivity index (χ0) is 17.4. The number of hydrogen-bond donors (Lipinski definition) is 1. The number of thiophene rings is 1. The van der Waals surface area contributed by atoms with Crippen LogP contribution in [-0.4, -0.2) is 43.6 Å². The van der Waals surface area contributed by atoms with Crippen molar-refractivity contribution in [2.45, 2.75) is 38.6 Å². The minimum Gasteiger partial charge on any atom is -0.497 e. The number of aryl methyl sites for hydroxylation is 1. The summed E-state index contributed by atoms with van der Waals surface area (Å²) in [7, 11) is 1.68. The van der Waals surface area contributed by atoms with Crippen molar-refractivity contribution in [1.82, 2.24) is 10.2 Å². The first kappa shape index (κ1) is 16.9. The molecule has 1 aromatic carbocycles. The molecule has 0 atom stereocenters. The number of nitrogens with zero attached hydrogens (tertiary/aromatic N) is 1. The van der Waals surface area contributed by atoms with Gasteiger partial charge in [-0.15, -0.1) is 11.3 Å². The van der Waals surface area contributed by atoms with Crippen molar-refractivity contribution in [2.75, 3.05) is 26.7 Å². The molecule has 1 saturated heterocycles. The Hall–Kier alpha value is -1.59. The lowest BCUT2D eigenvalue weighted by atomic mass is 10.0. The Bertz CT molecular complexity index is 773. The monoisotopic (exact) mass is 358 g/mol. The summed E-state index contributed by atoms with van der Waals surface area (Å²) in [6.45, 7) is 4.93. The van der Waals surface area contributed by atoms with Crippen LogP contribution in [0.3, 0.4) is 0 Å². The van der Waals surface area contributed by atoms with Gasteiger partial charge in [-0.1, -0.05) is 0 Å². The fourth-order valence-electron chi connectivity index (χ4n) is 3.62. The largest absolute Gasteiger partial charge is 0.497 e. The van der Waals surface area contributed by atoms with E-state index in [4.69, 9.17) is 4.74 Å². The summed E-state index contributed by atoms with van der Waals surface area (Å²) in [6, 6.07) is 6.63. The van der Waals surface area contributed by atoms with E-state index in [1.54, 1.807) is 18.4 Å². The molecule has 4 nitrogen and oxygen atoms in total. The van der Waals surface area contributed by atoms with Crippen LogP contribution in [0.1, 0.15) is 40.9 Å². The van der Waals surface area contributed by atoms with Crippen LogP contribution in [-0.2, 0) is 0 Å². The molecule has 0 bridgehead atoms. The molecule has 1 aliphatic carbocycles. The highest BCUT2D eigenvalue weighted by atomic mass is 32.1. The van der Waals surface area contributed by atoms with Crippen LogP contribution in [0.25, 0.3) is 10.1 Å². The van der Waals surface area contributed by atoms with Crippen LogP contribution in [0.15, 0.2) is 18.2 Å². The third kappa shape index (κ3) is 3.53. The molecule has 2 aliphatic rings. The van der Waals surface area contributed by atoms with Gasteiger partial charge in [-0.25, -0.2) is 0 Å². The van der Waals surface area contributed by atoms with E-state index in [2.05, 4.69) is 18.3 Å². The molecule has 2 aromatic rings. The zero-order valence-corrected chi connectivity index (χ0v) is 15.8. The average Bonchev–Trinajstić information content (AvgIpc) is 3.43. The van der Waals surface area contributed by atoms with Crippen molar-refractivity contribution in [3.63, 3.8) is 0 Å². The van der Waals surface area contributed by atoms with Gasteiger partial charge in [0.15, 0.2) is 0 Å². The van der Waals surface area contributed by atoms with Crippen LogP contribution in [0.5, 0.6) is 5.75 Å². The summed E-state index contributed by atoms with van der Waals surface area (Å²) in [5.41, 5.74) is 1.08. The Morgan fingerprint density at radius 2 is 2.04 bits per heavy atom. The zero-order valence-electron chi connectivity index (χ0n) is 15.0. The first-order valence-electron chi connectivity index (χ1n) is 9.25. The molecule has 5 heteroatoms. The number of nitrogens with one attached hydrogen (secondary N) is 1. The van der Waals surface area contributed by atoms with Gasteiger partial charge in [0, 0.05) is 23.8 Å². The maximum absolute atomic E-state index is 13.0. The predicted molar refractivity (Wildman–Crippen MR) is 103 cm³/mol. The molecule has 1 amide bonds. The number of benzene rings is 1. The van der Waals surface area contributed by atoms with E-state index in [9.17, 15) is 4.79 Å². The molecule has 134 valence electrons. The van der Waals surface area contributed by atoms with Gasteiger partial charge in [-0.2, -0.15) is 0 Å². The van der Waals surface area contributed by atoms with Gasteiger partial charge in [0.1, 0.15) is 5.75 Å². The third-order valence-electron chi connectivity index (χ3n) is 5.51. The van der Waals surface area contributed by atoms with Gasteiger partial charge in [0.25, 0.3) is 5.91 Å². The molecule has 1 aromatic heterocycles. The molecule has 25 heavy (non-hydrogen) atoms. The van der Waals surface area contributed by atoms with Crippen molar-refractivity contribution >= 4 is 27.3 Å². The smallest absolute Gasteiger partial charge is 0.264 e. The van der Waals surface area contributed by atoms with E-state index in [0.29, 0.717) is 6.04 Å². The third-order valence-corrected chi connectivity index (χ3v) is 6.77. The second-order valence-electron chi connectivity index (χ2n) is 7.34. The molecule has 2 fully saturated rings. The number of methoxy groups -OCH3 is 1. The van der Waals surface area contributed by atoms with Crippen LogP contribution >= 0.6 is 11.3 Å².